The lowest BCUT2D eigenvalue weighted by atomic mass is 10.1. The minimum Gasteiger partial charge on any atom is -0.465 e. The maximum Gasteiger partial charge on any atom is 0.326 e. The summed E-state index contributed by atoms with van der Waals surface area (Å²) in [6.07, 6.45) is 1.57. The zero-order valence-electron chi connectivity index (χ0n) is 22.1. The Morgan fingerprint density at radius 1 is 0.769 bits per heavy atom. The smallest absolute Gasteiger partial charge is 0.326 e. The van der Waals surface area contributed by atoms with Crippen molar-refractivity contribution in [2.45, 2.75) is 13.5 Å². The quantitative estimate of drug-likeness (QED) is 0.156. The van der Waals surface area contributed by atoms with Crippen molar-refractivity contribution in [3.63, 3.8) is 0 Å². The summed E-state index contributed by atoms with van der Waals surface area (Å²) < 4.78 is 28.1. The Morgan fingerprint density at radius 3 is 1.92 bits per heavy atom. The van der Waals surface area contributed by atoms with Crippen molar-refractivity contribution in [3.05, 3.63) is 64.1 Å². The number of ether oxygens (including phenoxy) is 5. The van der Waals surface area contributed by atoms with Gasteiger partial charge in [-0.25, -0.2) is 0 Å². The average Bonchev–Trinajstić information content (AvgIpc) is 3.17. The summed E-state index contributed by atoms with van der Waals surface area (Å²) in [4.78, 5) is 49.2. The topological polar surface area (TPSA) is 135 Å². The number of amides is 2. The van der Waals surface area contributed by atoms with E-state index < -0.39 is 5.97 Å². The van der Waals surface area contributed by atoms with E-state index in [0.29, 0.717) is 69.6 Å². The van der Waals surface area contributed by atoms with Crippen LogP contribution in [0.3, 0.4) is 0 Å². The number of imide groups is 1. The zero-order valence-corrected chi connectivity index (χ0v) is 22.1. The van der Waals surface area contributed by atoms with Gasteiger partial charge in [0.05, 0.1) is 82.8 Å². The van der Waals surface area contributed by atoms with E-state index in [1.807, 2.05) is 0 Å². The first-order valence-electron chi connectivity index (χ1n) is 12.9. The number of esters is 1. The van der Waals surface area contributed by atoms with E-state index in [-0.39, 0.29) is 43.7 Å². The van der Waals surface area contributed by atoms with Crippen molar-refractivity contribution in [1.29, 1.82) is 0 Å². The highest BCUT2D eigenvalue weighted by molar-refractivity contribution is 6.21. The molecule has 2 aromatic rings. The molecule has 3 rings (SSSR count). The Labute approximate surface area is 226 Å². The van der Waals surface area contributed by atoms with Crippen LogP contribution in [0.5, 0.6) is 0 Å². The Bertz CT molecular complexity index is 1120. The van der Waals surface area contributed by atoms with Crippen LogP contribution in [0.2, 0.25) is 0 Å². The van der Waals surface area contributed by atoms with Gasteiger partial charge in [-0.2, -0.15) is 0 Å². The van der Waals surface area contributed by atoms with Crippen LogP contribution in [-0.4, -0.2) is 99.8 Å². The number of hydrogen-bond acceptors (Lipinski definition) is 10. The van der Waals surface area contributed by atoms with Gasteiger partial charge in [0.2, 0.25) is 0 Å². The monoisotopic (exact) mass is 545 g/mol. The van der Waals surface area contributed by atoms with Gasteiger partial charge < -0.3 is 33.6 Å². The van der Waals surface area contributed by atoms with Gasteiger partial charge in [-0.15, -0.1) is 0 Å². The average molecular weight is 546 g/mol. The predicted molar refractivity (Wildman–Crippen MR) is 141 cm³/mol. The summed E-state index contributed by atoms with van der Waals surface area (Å²) in [5.41, 5.74) is 1.28. The second-order valence-electron chi connectivity index (χ2n) is 8.37. The van der Waals surface area contributed by atoms with Gasteiger partial charge in [-0.05, 0) is 25.1 Å². The van der Waals surface area contributed by atoms with E-state index in [1.54, 1.807) is 43.5 Å². The zero-order chi connectivity index (χ0) is 27.9. The molecule has 1 aromatic carbocycles. The lowest BCUT2D eigenvalue weighted by Crippen LogP contribution is -2.33. The van der Waals surface area contributed by atoms with E-state index in [9.17, 15) is 19.2 Å². The minimum absolute atomic E-state index is 0.133. The molecule has 0 unspecified atom stereocenters. The number of nitrogens with zero attached hydrogens (tertiary/aromatic N) is 2. The Kier molecular flexibility index (Phi) is 12.6. The van der Waals surface area contributed by atoms with Crippen LogP contribution in [0.1, 0.15) is 27.6 Å². The van der Waals surface area contributed by atoms with E-state index >= 15 is 0 Å². The molecule has 39 heavy (non-hydrogen) atoms. The highest BCUT2D eigenvalue weighted by Gasteiger charge is 2.34. The van der Waals surface area contributed by atoms with Gasteiger partial charge >= 0.3 is 5.97 Å². The second kappa shape index (κ2) is 16.4. The molecule has 2 heterocycles. The first-order valence-corrected chi connectivity index (χ1v) is 12.9. The Morgan fingerprint density at radius 2 is 1.33 bits per heavy atom. The number of benzene rings is 1. The van der Waals surface area contributed by atoms with E-state index in [2.05, 4.69) is 5.32 Å². The van der Waals surface area contributed by atoms with E-state index in [4.69, 9.17) is 23.7 Å². The molecule has 1 aliphatic rings. The van der Waals surface area contributed by atoms with Crippen molar-refractivity contribution in [1.82, 2.24) is 9.47 Å². The molecule has 0 saturated carbocycles. The number of pyridine rings is 1. The molecule has 2 amide bonds. The van der Waals surface area contributed by atoms with Crippen molar-refractivity contribution in [2.75, 3.05) is 77.9 Å². The van der Waals surface area contributed by atoms with Crippen LogP contribution < -0.4 is 10.9 Å². The Hall–Kier alpha value is -3.58. The molecule has 0 radical (unpaired) electrons. The van der Waals surface area contributed by atoms with Crippen LogP contribution in [-0.2, 0) is 35.0 Å². The first-order chi connectivity index (χ1) is 19.0. The third-order valence-electron chi connectivity index (χ3n) is 5.62. The maximum atomic E-state index is 12.3. The van der Waals surface area contributed by atoms with Crippen LogP contribution in [0.25, 0.3) is 0 Å². The molecule has 1 aliphatic heterocycles. The molecular weight excluding hydrogens is 510 g/mol. The predicted octanol–water partition coefficient (Wildman–Crippen LogP) is 1.19. The molecule has 1 aromatic heterocycles. The van der Waals surface area contributed by atoms with Gasteiger partial charge in [-0.1, -0.05) is 12.1 Å². The summed E-state index contributed by atoms with van der Waals surface area (Å²) in [7, 11) is 0. The summed E-state index contributed by atoms with van der Waals surface area (Å²) in [6, 6.07) is 9.82. The number of carbonyl (C=O) groups is 3. The molecule has 0 aliphatic carbocycles. The van der Waals surface area contributed by atoms with E-state index in [1.165, 1.54) is 15.5 Å². The van der Waals surface area contributed by atoms with Gasteiger partial charge in [-0.3, -0.25) is 24.1 Å². The fourth-order valence-electron chi connectivity index (χ4n) is 3.73. The van der Waals surface area contributed by atoms with Crippen molar-refractivity contribution in [3.8, 4) is 0 Å². The lowest BCUT2D eigenvalue weighted by molar-refractivity contribution is -0.143. The summed E-state index contributed by atoms with van der Waals surface area (Å²) >= 11 is 0. The minimum atomic E-state index is -0.462. The number of nitrogens with one attached hydrogen (secondary N) is 1. The molecule has 0 saturated heterocycles. The number of carbonyl (C=O) groups excluding carboxylic acids is 3. The molecule has 0 fully saturated rings. The lowest BCUT2D eigenvalue weighted by Gasteiger charge is -2.13. The SMILES string of the molecule is CCOC(=O)Cn1cc(NCCOCCOCCOCCOCCN2C(=O)c3ccccc3C2=O)ccc1=O. The standard InChI is InChI=1S/C27H35N3O9/c1-2-39-25(32)20-29-19-21(7-8-24(29)31)28-9-11-35-13-15-37-17-18-38-16-14-36-12-10-30-26(33)22-5-3-4-6-23(22)27(30)34/h3-8,19,28H,2,9-18,20H2,1H3. The molecule has 212 valence electrons. The molecule has 12 heteroatoms. The van der Waals surface area contributed by atoms with Gasteiger partial charge in [0, 0.05) is 18.8 Å². The van der Waals surface area contributed by atoms with Crippen LogP contribution in [0.4, 0.5) is 5.69 Å². The third kappa shape index (κ3) is 9.59. The fraction of sp³-hybridized carbons (Fsp3) is 0.481. The van der Waals surface area contributed by atoms with Crippen molar-refractivity contribution < 1.29 is 38.1 Å². The summed E-state index contributed by atoms with van der Waals surface area (Å²) in [6.45, 7) is 5.64. The molecule has 0 atom stereocenters. The number of aromatic nitrogens is 1. The highest BCUT2D eigenvalue weighted by Crippen LogP contribution is 2.21. The number of fused-ring (bicyclic) bond motifs is 1. The largest absolute Gasteiger partial charge is 0.465 e. The maximum absolute atomic E-state index is 12.3. The molecule has 0 spiro atoms. The van der Waals surface area contributed by atoms with E-state index in [0.717, 1.165) is 0 Å². The second-order valence-corrected chi connectivity index (χ2v) is 8.37. The number of hydrogen-bond donors (Lipinski definition) is 1. The normalized spacial score (nSPS) is 12.6. The van der Waals surface area contributed by atoms with Gasteiger partial charge in [0.25, 0.3) is 17.4 Å². The summed E-state index contributed by atoms with van der Waals surface area (Å²) in [5.74, 6) is -1.04. The fourth-order valence-corrected chi connectivity index (χ4v) is 3.73. The highest BCUT2D eigenvalue weighted by atomic mass is 16.6. The number of rotatable bonds is 19. The van der Waals surface area contributed by atoms with Crippen LogP contribution in [0.15, 0.2) is 47.4 Å². The van der Waals surface area contributed by atoms with Gasteiger partial charge in [0.15, 0.2) is 0 Å². The first kappa shape index (κ1) is 30.0. The molecule has 12 nitrogen and oxygen atoms in total. The van der Waals surface area contributed by atoms with Crippen LogP contribution in [0, 0.1) is 0 Å². The number of anilines is 1. The van der Waals surface area contributed by atoms with Crippen molar-refractivity contribution in [2.24, 2.45) is 0 Å². The third-order valence-corrected chi connectivity index (χ3v) is 5.62. The molecule has 1 N–H and O–H groups in total. The summed E-state index contributed by atoms with van der Waals surface area (Å²) in [5, 5.41) is 3.14. The Balaban J connectivity index is 1.12. The van der Waals surface area contributed by atoms with Crippen molar-refractivity contribution >= 4 is 23.5 Å². The van der Waals surface area contributed by atoms with Crippen LogP contribution >= 0.6 is 0 Å². The van der Waals surface area contributed by atoms with Gasteiger partial charge in [0.1, 0.15) is 6.54 Å². The molecular formula is C27H35N3O9. The molecule has 0 bridgehead atoms.